The van der Waals surface area contributed by atoms with Gasteiger partial charge in [-0.1, -0.05) is 54.6 Å². The molecule has 106 valence electrons. The van der Waals surface area contributed by atoms with E-state index < -0.39 is 10.2 Å². The third kappa shape index (κ3) is 3.14. The van der Waals surface area contributed by atoms with E-state index in [4.69, 9.17) is 0 Å². The average Bonchev–Trinajstić information content (AvgIpc) is 2.48. The monoisotopic (exact) mass is 298 g/mol. The molecule has 0 atom stereocenters. The lowest BCUT2D eigenvalue weighted by Crippen LogP contribution is -2.21. The first-order chi connectivity index (χ1) is 10.1. The highest BCUT2D eigenvalue weighted by Crippen LogP contribution is 2.24. The van der Waals surface area contributed by atoms with Gasteiger partial charge in [0.05, 0.1) is 11.4 Å². The Morgan fingerprint density at radius 1 is 0.667 bits per heavy atom. The molecule has 3 aromatic rings. The van der Waals surface area contributed by atoms with Crippen molar-refractivity contribution in [3.05, 3.63) is 72.8 Å². The molecule has 0 amide bonds. The van der Waals surface area contributed by atoms with Crippen LogP contribution in [0.5, 0.6) is 0 Å². The molecule has 0 saturated carbocycles. The highest BCUT2D eigenvalue weighted by Gasteiger charge is 2.11. The third-order valence-electron chi connectivity index (χ3n) is 3.06. The van der Waals surface area contributed by atoms with Gasteiger partial charge in [0, 0.05) is 5.39 Å². The fraction of sp³-hybridized carbons (Fsp3) is 0. The second-order valence-corrected chi connectivity index (χ2v) is 6.02. The van der Waals surface area contributed by atoms with E-state index in [1.807, 2.05) is 42.5 Å². The summed E-state index contributed by atoms with van der Waals surface area (Å²) in [5.74, 6) is 0. The van der Waals surface area contributed by atoms with Crippen LogP contribution in [0.1, 0.15) is 0 Å². The van der Waals surface area contributed by atoms with Gasteiger partial charge in [-0.2, -0.15) is 8.42 Å². The fourth-order valence-corrected chi connectivity index (χ4v) is 3.11. The van der Waals surface area contributed by atoms with Crippen LogP contribution in [0, 0.1) is 0 Å². The van der Waals surface area contributed by atoms with Crippen LogP contribution in [0.25, 0.3) is 10.8 Å². The van der Waals surface area contributed by atoms with Crippen molar-refractivity contribution in [3.8, 4) is 0 Å². The minimum absolute atomic E-state index is 0.519. The first kappa shape index (κ1) is 13.5. The molecule has 2 N–H and O–H groups in total. The van der Waals surface area contributed by atoms with Crippen LogP contribution in [0.2, 0.25) is 0 Å². The van der Waals surface area contributed by atoms with E-state index in [2.05, 4.69) is 9.44 Å². The van der Waals surface area contributed by atoms with Crippen molar-refractivity contribution < 1.29 is 8.42 Å². The standard InChI is InChI=1S/C16H14N2O2S/c19-21(20,17-14-9-2-1-3-10-14)18-16-12-6-8-13-7-4-5-11-15(13)16/h1-12,17-18H. The predicted octanol–water partition coefficient (Wildman–Crippen LogP) is 3.61. The Morgan fingerprint density at radius 2 is 1.33 bits per heavy atom. The maximum Gasteiger partial charge on any atom is 0.321 e. The first-order valence-electron chi connectivity index (χ1n) is 6.47. The Hall–Kier alpha value is -2.53. The summed E-state index contributed by atoms with van der Waals surface area (Å²) < 4.78 is 29.4. The van der Waals surface area contributed by atoms with Gasteiger partial charge >= 0.3 is 10.2 Å². The van der Waals surface area contributed by atoms with Gasteiger partial charge in [-0.3, -0.25) is 9.44 Å². The molecule has 3 rings (SSSR count). The molecule has 3 aromatic carbocycles. The Balaban J connectivity index is 1.91. The lowest BCUT2D eigenvalue weighted by atomic mass is 10.1. The van der Waals surface area contributed by atoms with Crippen molar-refractivity contribution >= 4 is 32.4 Å². The molecule has 0 radical (unpaired) electrons. The van der Waals surface area contributed by atoms with Crippen LogP contribution in [-0.2, 0) is 10.2 Å². The summed E-state index contributed by atoms with van der Waals surface area (Å²) in [6.45, 7) is 0. The van der Waals surface area contributed by atoms with Gasteiger partial charge in [0.2, 0.25) is 0 Å². The molecule has 4 nitrogen and oxygen atoms in total. The highest BCUT2D eigenvalue weighted by atomic mass is 32.2. The second kappa shape index (κ2) is 5.46. The molecule has 5 heteroatoms. The number of hydrogen-bond acceptors (Lipinski definition) is 2. The minimum Gasteiger partial charge on any atom is -0.267 e. The Labute approximate surface area is 123 Å². The topological polar surface area (TPSA) is 58.2 Å². The number of hydrogen-bond donors (Lipinski definition) is 2. The van der Waals surface area contributed by atoms with E-state index in [1.165, 1.54) is 0 Å². The molecule has 21 heavy (non-hydrogen) atoms. The van der Waals surface area contributed by atoms with Crippen molar-refractivity contribution in [2.24, 2.45) is 0 Å². The third-order valence-corrected chi connectivity index (χ3v) is 4.05. The summed E-state index contributed by atoms with van der Waals surface area (Å²) in [4.78, 5) is 0. The van der Waals surface area contributed by atoms with Crippen LogP contribution >= 0.6 is 0 Å². The van der Waals surface area contributed by atoms with Crippen molar-refractivity contribution in [1.82, 2.24) is 0 Å². The van der Waals surface area contributed by atoms with Gasteiger partial charge in [-0.05, 0) is 23.6 Å². The Kier molecular flexibility index (Phi) is 3.50. The highest BCUT2D eigenvalue weighted by molar-refractivity contribution is 7.94. The molecule has 0 aliphatic carbocycles. The van der Waals surface area contributed by atoms with Gasteiger partial charge in [0.25, 0.3) is 0 Å². The lowest BCUT2D eigenvalue weighted by molar-refractivity contribution is 0.606. The normalized spacial score (nSPS) is 11.2. The van der Waals surface area contributed by atoms with Crippen LogP contribution in [0.15, 0.2) is 72.8 Å². The largest absolute Gasteiger partial charge is 0.321 e. The van der Waals surface area contributed by atoms with E-state index in [1.54, 1.807) is 30.3 Å². The van der Waals surface area contributed by atoms with E-state index in [9.17, 15) is 8.42 Å². The maximum absolute atomic E-state index is 12.2. The molecular formula is C16H14N2O2S. The molecule has 0 aliphatic rings. The summed E-state index contributed by atoms with van der Waals surface area (Å²) in [5, 5.41) is 1.84. The summed E-state index contributed by atoms with van der Waals surface area (Å²) in [5.41, 5.74) is 1.07. The number of nitrogens with one attached hydrogen (secondary N) is 2. The Morgan fingerprint density at radius 3 is 2.14 bits per heavy atom. The molecule has 0 aliphatic heterocycles. The quantitative estimate of drug-likeness (QED) is 0.773. The lowest BCUT2D eigenvalue weighted by Gasteiger charge is -2.12. The molecule has 0 heterocycles. The smallest absolute Gasteiger partial charge is 0.267 e. The first-order valence-corrected chi connectivity index (χ1v) is 7.96. The number of benzene rings is 3. The van der Waals surface area contributed by atoms with Crippen molar-refractivity contribution in [2.45, 2.75) is 0 Å². The van der Waals surface area contributed by atoms with Gasteiger partial charge in [-0.25, -0.2) is 0 Å². The van der Waals surface area contributed by atoms with Crippen LogP contribution in [0.3, 0.4) is 0 Å². The van der Waals surface area contributed by atoms with Crippen LogP contribution in [0.4, 0.5) is 11.4 Å². The zero-order valence-electron chi connectivity index (χ0n) is 11.2. The van der Waals surface area contributed by atoms with Gasteiger partial charge < -0.3 is 0 Å². The Bertz CT molecular complexity index is 856. The maximum atomic E-state index is 12.2. The summed E-state index contributed by atoms with van der Waals surface area (Å²) in [7, 11) is -3.68. The summed E-state index contributed by atoms with van der Waals surface area (Å²) in [6.07, 6.45) is 0. The summed E-state index contributed by atoms with van der Waals surface area (Å²) in [6, 6.07) is 21.9. The molecule has 0 fully saturated rings. The van der Waals surface area contributed by atoms with Gasteiger partial charge in [0.1, 0.15) is 0 Å². The molecule has 0 saturated heterocycles. The molecule has 0 aromatic heterocycles. The molecular weight excluding hydrogens is 284 g/mol. The van der Waals surface area contributed by atoms with Crippen molar-refractivity contribution in [1.29, 1.82) is 0 Å². The summed E-state index contributed by atoms with van der Waals surface area (Å²) >= 11 is 0. The van der Waals surface area contributed by atoms with Crippen molar-refractivity contribution in [3.63, 3.8) is 0 Å². The predicted molar refractivity (Wildman–Crippen MR) is 86.6 cm³/mol. The zero-order valence-corrected chi connectivity index (χ0v) is 12.0. The average molecular weight is 298 g/mol. The number of anilines is 2. The van der Waals surface area contributed by atoms with Gasteiger partial charge in [0.15, 0.2) is 0 Å². The van der Waals surface area contributed by atoms with E-state index >= 15 is 0 Å². The minimum atomic E-state index is -3.68. The molecule has 0 unspecified atom stereocenters. The molecule has 0 spiro atoms. The van der Waals surface area contributed by atoms with E-state index in [-0.39, 0.29) is 0 Å². The number of rotatable bonds is 4. The zero-order chi connectivity index (χ0) is 14.7. The van der Waals surface area contributed by atoms with Gasteiger partial charge in [-0.15, -0.1) is 0 Å². The van der Waals surface area contributed by atoms with Crippen molar-refractivity contribution in [2.75, 3.05) is 9.44 Å². The van der Waals surface area contributed by atoms with Crippen LogP contribution in [-0.4, -0.2) is 8.42 Å². The van der Waals surface area contributed by atoms with Crippen LogP contribution < -0.4 is 9.44 Å². The fourth-order valence-electron chi connectivity index (χ4n) is 2.15. The second-order valence-electron chi connectivity index (χ2n) is 4.60. The number of para-hydroxylation sites is 1. The molecule has 0 bridgehead atoms. The van der Waals surface area contributed by atoms with E-state index in [0.29, 0.717) is 11.4 Å². The number of fused-ring (bicyclic) bond motifs is 1. The SMILES string of the molecule is O=S(=O)(Nc1ccccc1)Nc1cccc2ccccc12. The van der Waals surface area contributed by atoms with E-state index in [0.717, 1.165) is 10.8 Å².